The zero-order valence-corrected chi connectivity index (χ0v) is 16.4. The summed E-state index contributed by atoms with van der Waals surface area (Å²) in [6.45, 7) is 6.06. The van der Waals surface area contributed by atoms with Crippen molar-refractivity contribution in [2.24, 2.45) is 11.7 Å². The molecular formula is C16H27ClN2O4S. The molecule has 0 aliphatic carbocycles. The lowest BCUT2D eigenvalue weighted by atomic mass is 10.0. The van der Waals surface area contributed by atoms with Crippen LogP contribution < -0.4 is 5.73 Å². The van der Waals surface area contributed by atoms with E-state index in [1.807, 2.05) is 13.8 Å². The summed E-state index contributed by atoms with van der Waals surface area (Å²) in [5.74, 6) is -0.393. The molecule has 1 unspecified atom stereocenters. The average molecular weight is 379 g/mol. The van der Waals surface area contributed by atoms with Crippen LogP contribution in [0.25, 0.3) is 0 Å². The van der Waals surface area contributed by atoms with Crippen molar-refractivity contribution >= 4 is 28.4 Å². The lowest BCUT2D eigenvalue weighted by Crippen LogP contribution is -2.35. The molecule has 0 aromatic heterocycles. The number of esters is 1. The van der Waals surface area contributed by atoms with Gasteiger partial charge in [-0.2, -0.15) is 0 Å². The van der Waals surface area contributed by atoms with Crippen LogP contribution in [0.2, 0.25) is 0 Å². The van der Waals surface area contributed by atoms with E-state index in [4.69, 9.17) is 10.5 Å². The van der Waals surface area contributed by atoms with Crippen molar-refractivity contribution in [3.8, 4) is 0 Å². The maximum atomic E-state index is 12.7. The molecule has 6 nitrogen and oxygen atoms in total. The number of nitrogens with zero attached hydrogens (tertiary/aromatic N) is 1. The molecule has 0 bridgehead atoms. The number of halogens is 1. The molecule has 138 valence electrons. The summed E-state index contributed by atoms with van der Waals surface area (Å²) in [6.07, 6.45) is 0.548. The highest BCUT2D eigenvalue weighted by molar-refractivity contribution is 7.89. The predicted octanol–water partition coefficient (Wildman–Crippen LogP) is 2.20. The maximum absolute atomic E-state index is 12.7. The van der Waals surface area contributed by atoms with Crippen molar-refractivity contribution in [1.82, 2.24) is 4.31 Å². The summed E-state index contributed by atoms with van der Waals surface area (Å²) in [4.78, 5) is 11.8. The van der Waals surface area contributed by atoms with Crippen LogP contribution in [0.4, 0.5) is 0 Å². The molecule has 0 amide bonds. The largest absolute Gasteiger partial charge is 0.465 e. The monoisotopic (exact) mass is 378 g/mol. The Bertz CT molecular complexity index is 662. The van der Waals surface area contributed by atoms with Gasteiger partial charge in [-0.05, 0) is 31.4 Å². The van der Waals surface area contributed by atoms with Gasteiger partial charge < -0.3 is 10.5 Å². The van der Waals surface area contributed by atoms with E-state index in [0.29, 0.717) is 6.42 Å². The second-order valence-electron chi connectivity index (χ2n) is 6.01. The fourth-order valence-electron chi connectivity index (χ4n) is 2.09. The fraction of sp³-hybridized carbons (Fsp3) is 0.562. The Morgan fingerprint density at radius 3 is 2.42 bits per heavy atom. The van der Waals surface area contributed by atoms with Crippen molar-refractivity contribution in [3.63, 3.8) is 0 Å². The number of carbonyl (C=O) groups excluding carboxylic acids is 1. The third-order valence-corrected chi connectivity index (χ3v) is 5.78. The molecule has 0 saturated heterocycles. The molecule has 0 spiro atoms. The molecule has 1 atom stereocenters. The molecule has 24 heavy (non-hydrogen) atoms. The van der Waals surface area contributed by atoms with Crippen molar-refractivity contribution in [3.05, 3.63) is 29.3 Å². The molecular weight excluding hydrogens is 352 g/mol. The van der Waals surface area contributed by atoms with Gasteiger partial charge in [0.25, 0.3) is 0 Å². The Morgan fingerprint density at radius 1 is 1.33 bits per heavy atom. The quantitative estimate of drug-likeness (QED) is 0.734. The summed E-state index contributed by atoms with van der Waals surface area (Å²) in [7, 11) is -1.07. The molecule has 1 rings (SSSR count). The molecule has 1 aromatic carbocycles. The van der Waals surface area contributed by atoms with E-state index in [-0.39, 0.29) is 41.4 Å². The summed E-state index contributed by atoms with van der Waals surface area (Å²) < 4.78 is 31.4. The third kappa shape index (κ3) is 5.44. The summed E-state index contributed by atoms with van der Waals surface area (Å²) in [6, 6.07) is 4.54. The summed E-state index contributed by atoms with van der Waals surface area (Å²) >= 11 is 0. The zero-order chi connectivity index (χ0) is 17.8. The molecule has 0 radical (unpaired) electrons. The van der Waals surface area contributed by atoms with Crippen LogP contribution in [0.5, 0.6) is 0 Å². The van der Waals surface area contributed by atoms with Gasteiger partial charge >= 0.3 is 5.97 Å². The third-order valence-electron chi connectivity index (χ3n) is 3.86. The van der Waals surface area contributed by atoms with Crippen LogP contribution in [0.1, 0.15) is 36.2 Å². The van der Waals surface area contributed by atoms with Crippen molar-refractivity contribution < 1.29 is 17.9 Å². The van der Waals surface area contributed by atoms with Crippen LogP contribution in [0.3, 0.4) is 0 Å². The Morgan fingerprint density at radius 2 is 1.92 bits per heavy atom. The van der Waals surface area contributed by atoms with Crippen molar-refractivity contribution in [1.29, 1.82) is 0 Å². The molecule has 1 aromatic rings. The smallest absolute Gasteiger partial charge is 0.339 e. The fourth-order valence-corrected chi connectivity index (χ4v) is 3.43. The molecule has 0 aliphatic heterocycles. The molecule has 2 N–H and O–H groups in total. The maximum Gasteiger partial charge on any atom is 0.339 e. The van der Waals surface area contributed by atoms with Crippen molar-refractivity contribution in [2.45, 2.75) is 38.1 Å². The molecule has 0 heterocycles. The van der Waals surface area contributed by atoms with Crippen molar-refractivity contribution in [2.75, 3.05) is 20.7 Å². The van der Waals surface area contributed by atoms with Gasteiger partial charge in [-0.3, -0.25) is 0 Å². The van der Waals surface area contributed by atoms with Gasteiger partial charge in [0.15, 0.2) is 0 Å². The highest BCUT2D eigenvalue weighted by atomic mass is 35.5. The molecule has 0 saturated carbocycles. The van der Waals surface area contributed by atoms with E-state index < -0.39 is 16.0 Å². The summed E-state index contributed by atoms with van der Waals surface area (Å²) in [5, 5.41) is 0. The number of hydrogen-bond donors (Lipinski definition) is 1. The topological polar surface area (TPSA) is 89.7 Å². The number of rotatable bonds is 7. The number of carbonyl (C=O) groups is 1. The first kappa shape index (κ1) is 22.9. The highest BCUT2D eigenvalue weighted by Crippen LogP contribution is 2.22. The van der Waals surface area contributed by atoms with Gasteiger partial charge in [0.1, 0.15) is 0 Å². The number of methoxy groups -OCH3 is 1. The lowest BCUT2D eigenvalue weighted by Gasteiger charge is -2.22. The Hall–Kier alpha value is -1.15. The van der Waals surface area contributed by atoms with Gasteiger partial charge in [0, 0.05) is 19.6 Å². The number of benzene rings is 1. The molecule has 0 aliphatic rings. The Kier molecular flexibility index (Phi) is 8.91. The minimum atomic E-state index is -3.79. The van der Waals surface area contributed by atoms with E-state index in [9.17, 15) is 13.2 Å². The number of ether oxygens (including phenoxy) is 1. The number of sulfonamides is 1. The molecule has 0 fully saturated rings. The van der Waals surface area contributed by atoms with Crippen LogP contribution >= 0.6 is 12.4 Å². The van der Waals surface area contributed by atoms with Crippen LogP contribution in [0, 0.1) is 12.8 Å². The van der Waals surface area contributed by atoms with E-state index in [1.54, 1.807) is 13.0 Å². The number of aryl methyl sites for hydroxylation is 1. The Balaban J connectivity index is 0.00000529. The first-order chi connectivity index (χ1) is 10.6. The van der Waals surface area contributed by atoms with Crippen LogP contribution in [0.15, 0.2) is 23.1 Å². The Labute approximate surface area is 150 Å². The second-order valence-corrected chi connectivity index (χ2v) is 8.03. The van der Waals surface area contributed by atoms with Gasteiger partial charge in [-0.1, -0.05) is 25.5 Å². The van der Waals surface area contributed by atoms with E-state index in [0.717, 1.165) is 5.56 Å². The SMILES string of the molecule is COC(=O)c1cc(C)ccc1S(=O)(=O)N(C)CCC(N)C(C)C.Cl. The number of nitrogens with two attached hydrogens (primary N) is 1. The minimum Gasteiger partial charge on any atom is -0.465 e. The van der Waals surface area contributed by atoms with E-state index in [1.165, 1.54) is 30.6 Å². The van der Waals surface area contributed by atoms with Gasteiger partial charge in [0.05, 0.1) is 17.6 Å². The van der Waals surface area contributed by atoms with Crippen LogP contribution in [-0.4, -0.2) is 45.4 Å². The molecule has 8 heteroatoms. The minimum absolute atomic E-state index is 0. The predicted molar refractivity (Wildman–Crippen MR) is 97.0 cm³/mol. The lowest BCUT2D eigenvalue weighted by molar-refractivity contribution is 0.0596. The number of hydrogen-bond acceptors (Lipinski definition) is 5. The van der Waals surface area contributed by atoms with Gasteiger partial charge in [0.2, 0.25) is 10.0 Å². The van der Waals surface area contributed by atoms with Gasteiger partial charge in [-0.15, -0.1) is 12.4 Å². The highest BCUT2D eigenvalue weighted by Gasteiger charge is 2.27. The first-order valence-corrected chi connectivity index (χ1v) is 8.96. The zero-order valence-electron chi connectivity index (χ0n) is 14.8. The standard InChI is InChI=1S/C16H26N2O4S.ClH/c1-11(2)14(17)8-9-18(4)23(20,21)15-7-6-12(3)10-13(15)16(19)22-5;/h6-7,10-11,14H,8-9,17H2,1-5H3;1H. The van der Waals surface area contributed by atoms with E-state index >= 15 is 0 Å². The normalized spacial score (nSPS) is 12.8. The summed E-state index contributed by atoms with van der Waals surface area (Å²) in [5.41, 5.74) is 6.81. The second kappa shape index (κ2) is 9.36. The van der Waals surface area contributed by atoms with Crippen LogP contribution in [-0.2, 0) is 14.8 Å². The first-order valence-electron chi connectivity index (χ1n) is 7.52. The van der Waals surface area contributed by atoms with Gasteiger partial charge in [-0.25, -0.2) is 17.5 Å². The average Bonchev–Trinajstić information content (AvgIpc) is 2.50. The van der Waals surface area contributed by atoms with E-state index in [2.05, 4.69) is 0 Å².